The van der Waals surface area contributed by atoms with Crippen molar-refractivity contribution in [1.82, 2.24) is 9.78 Å². The van der Waals surface area contributed by atoms with Gasteiger partial charge in [0.2, 0.25) is 0 Å². The molecule has 68 valence electrons. The Labute approximate surface area is 73.3 Å². The molecule has 0 saturated heterocycles. The summed E-state index contributed by atoms with van der Waals surface area (Å²) in [4.78, 5) is 0. The Balaban J connectivity index is 2.15. The molecule has 1 aromatic rings. The fourth-order valence-corrected chi connectivity index (χ4v) is 1.02. The van der Waals surface area contributed by atoms with Crippen molar-refractivity contribution < 1.29 is 4.74 Å². The average Bonchev–Trinajstić information content (AvgIpc) is 2.45. The SMILES string of the molecule is CCCCCOc1cnn(C)c1. The molecule has 3 heteroatoms. The molecule has 0 N–H and O–H groups in total. The number of hydrogen-bond acceptors (Lipinski definition) is 2. The van der Waals surface area contributed by atoms with E-state index in [9.17, 15) is 0 Å². The molecular formula is C9H16N2O. The van der Waals surface area contributed by atoms with E-state index in [-0.39, 0.29) is 0 Å². The Hall–Kier alpha value is -0.990. The van der Waals surface area contributed by atoms with Crippen molar-refractivity contribution in [2.75, 3.05) is 6.61 Å². The van der Waals surface area contributed by atoms with Gasteiger partial charge < -0.3 is 4.74 Å². The van der Waals surface area contributed by atoms with Crippen LogP contribution in [0.15, 0.2) is 12.4 Å². The normalized spacial score (nSPS) is 10.2. The highest BCUT2D eigenvalue weighted by Crippen LogP contribution is 2.07. The first-order valence-corrected chi connectivity index (χ1v) is 4.44. The number of ether oxygens (including phenoxy) is 1. The van der Waals surface area contributed by atoms with Crippen LogP contribution in [0, 0.1) is 0 Å². The van der Waals surface area contributed by atoms with Crippen LogP contribution in [-0.4, -0.2) is 16.4 Å². The first-order chi connectivity index (χ1) is 5.83. The Kier molecular flexibility index (Phi) is 3.64. The summed E-state index contributed by atoms with van der Waals surface area (Å²) in [5, 5.41) is 4.01. The fraction of sp³-hybridized carbons (Fsp3) is 0.667. The first-order valence-electron chi connectivity index (χ1n) is 4.44. The van der Waals surface area contributed by atoms with Gasteiger partial charge in [0.25, 0.3) is 0 Å². The van der Waals surface area contributed by atoms with Crippen molar-refractivity contribution in [1.29, 1.82) is 0 Å². The molecule has 0 saturated carbocycles. The van der Waals surface area contributed by atoms with E-state index in [1.54, 1.807) is 10.9 Å². The van der Waals surface area contributed by atoms with Crippen LogP contribution in [0.1, 0.15) is 26.2 Å². The molecule has 0 atom stereocenters. The minimum Gasteiger partial charge on any atom is -0.490 e. The van der Waals surface area contributed by atoms with Gasteiger partial charge in [-0.15, -0.1) is 0 Å². The smallest absolute Gasteiger partial charge is 0.157 e. The zero-order chi connectivity index (χ0) is 8.81. The first kappa shape index (κ1) is 9.10. The summed E-state index contributed by atoms with van der Waals surface area (Å²) >= 11 is 0. The summed E-state index contributed by atoms with van der Waals surface area (Å²) in [6.07, 6.45) is 7.22. The van der Waals surface area contributed by atoms with Crippen LogP contribution in [-0.2, 0) is 7.05 Å². The van der Waals surface area contributed by atoms with Crippen LogP contribution >= 0.6 is 0 Å². The summed E-state index contributed by atoms with van der Waals surface area (Å²) in [5.74, 6) is 0.869. The van der Waals surface area contributed by atoms with E-state index in [4.69, 9.17) is 4.74 Å². The third kappa shape index (κ3) is 2.95. The monoisotopic (exact) mass is 168 g/mol. The molecule has 12 heavy (non-hydrogen) atoms. The summed E-state index contributed by atoms with van der Waals surface area (Å²) in [5.41, 5.74) is 0. The molecule has 1 heterocycles. The van der Waals surface area contributed by atoms with Crippen molar-refractivity contribution in [3.05, 3.63) is 12.4 Å². The molecule has 0 aromatic carbocycles. The van der Waals surface area contributed by atoms with E-state index in [0.29, 0.717) is 0 Å². The van der Waals surface area contributed by atoms with Crippen LogP contribution in [0.2, 0.25) is 0 Å². The number of aryl methyl sites for hydroxylation is 1. The third-order valence-corrected chi connectivity index (χ3v) is 1.70. The highest BCUT2D eigenvalue weighted by Gasteiger charge is 1.94. The zero-order valence-electron chi connectivity index (χ0n) is 7.79. The lowest BCUT2D eigenvalue weighted by molar-refractivity contribution is 0.306. The molecule has 0 amide bonds. The van der Waals surface area contributed by atoms with E-state index in [0.717, 1.165) is 18.8 Å². The van der Waals surface area contributed by atoms with Gasteiger partial charge in [0.15, 0.2) is 5.75 Å². The minimum absolute atomic E-state index is 0.805. The van der Waals surface area contributed by atoms with E-state index < -0.39 is 0 Å². The largest absolute Gasteiger partial charge is 0.490 e. The van der Waals surface area contributed by atoms with Crippen LogP contribution < -0.4 is 4.74 Å². The lowest BCUT2D eigenvalue weighted by Crippen LogP contribution is -1.95. The van der Waals surface area contributed by atoms with Crippen molar-refractivity contribution in [3.63, 3.8) is 0 Å². The van der Waals surface area contributed by atoms with Crippen molar-refractivity contribution >= 4 is 0 Å². The second-order valence-electron chi connectivity index (χ2n) is 2.91. The molecule has 3 nitrogen and oxygen atoms in total. The van der Waals surface area contributed by atoms with E-state index in [2.05, 4.69) is 12.0 Å². The number of unbranched alkanes of at least 4 members (excludes halogenated alkanes) is 2. The predicted octanol–water partition coefficient (Wildman–Crippen LogP) is 1.99. The van der Waals surface area contributed by atoms with Gasteiger partial charge in [-0.05, 0) is 6.42 Å². The second kappa shape index (κ2) is 4.80. The molecule has 1 rings (SSSR count). The Bertz CT molecular complexity index is 220. The predicted molar refractivity (Wildman–Crippen MR) is 48.2 cm³/mol. The number of rotatable bonds is 5. The van der Waals surface area contributed by atoms with Gasteiger partial charge in [0.1, 0.15) is 0 Å². The van der Waals surface area contributed by atoms with Gasteiger partial charge in [0, 0.05) is 7.05 Å². The summed E-state index contributed by atoms with van der Waals surface area (Å²) in [6, 6.07) is 0. The minimum atomic E-state index is 0.805. The topological polar surface area (TPSA) is 27.1 Å². The van der Waals surface area contributed by atoms with Crippen LogP contribution in [0.25, 0.3) is 0 Å². The lowest BCUT2D eigenvalue weighted by Gasteiger charge is -2.00. The van der Waals surface area contributed by atoms with Gasteiger partial charge in [-0.25, -0.2) is 0 Å². The molecule has 1 aromatic heterocycles. The Morgan fingerprint density at radius 1 is 1.50 bits per heavy atom. The van der Waals surface area contributed by atoms with Crippen LogP contribution in [0.5, 0.6) is 5.75 Å². The molecule has 0 unspecified atom stereocenters. The zero-order valence-corrected chi connectivity index (χ0v) is 7.79. The quantitative estimate of drug-likeness (QED) is 0.629. The molecule has 0 spiro atoms. The van der Waals surface area contributed by atoms with Crippen molar-refractivity contribution in [2.45, 2.75) is 26.2 Å². The maximum atomic E-state index is 5.45. The van der Waals surface area contributed by atoms with Crippen LogP contribution in [0.3, 0.4) is 0 Å². The molecule has 0 radical (unpaired) electrons. The van der Waals surface area contributed by atoms with Crippen molar-refractivity contribution in [3.8, 4) is 5.75 Å². The molecule has 0 bridgehead atoms. The van der Waals surface area contributed by atoms with Gasteiger partial charge in [-0.2, -0.15) is 5.10 Å². The third-order valence-electron chi connectivity index (χ3n) is 1.70. The van der Waals surface area contributed by atoms with E-state index in [1.165, 1.54) is 12.8 Å². The second-order valence-corrected chi connectivity index (χ2v) is 2.91. The highest BCUT2D eigenvalue weighted by atomic mass is 16.5. The molecule has 0 fully saturated rings. The molecule has 0 aliphatic rings. The molecular weight excluding hydrogens is 152 g/mol. The number of hydrogen-bond donors (Lipinski definition) is 0. The molecule has 0 aliphatic carbocycles. The maximum absolute atomic E-state index is 5.45. The fourth-order valence-electron chi connectivity index (χ4n) is 1.02. The highest BCUT2D eigenvalue weighted by molar-refractivity contribution is 5.10. The summed E-state index contributed by atoms with van der Waals surface area (Å²) in [6.45, 7) is 2.99. The van der Waals surface area contributed by atoms with Gasteiger partial charge in [0.05, 0.1) is 19.0 Å². The van der Waals surface area contributed by atoms with Gasteiger partial charge in [-0.3, -0.25) is 4.68 Å². The summed E-state index contributed by atoms with van der Waals surface area (Å²) < 4.78 is 7.19. The average molecular weight is 168 g/mol. The Morgan fingerprint density at radius 3 is 2.92 bits per heavy atom. The van der Waals surface area contributed by atoms with Crippen molar-refractivity contribution in [2.24, 2.45) is 7.05 Å². The number of aromatic nitrogens is 2. The lowest BCUT2D eigenvalue weighted by atomic mass is 10.3. The maximum Gasteiger partial charge on any atom is 0.157 e. The number of nitrogens with zero attached hydrogens (tertiary/aromatic N) is 2. The molecule has 0 aliphatic heterocycles. The van der Waals surface area contributed by atoms with Gasteiger partial charge in [-0.1, -0.05) is 19.8 Å². The Morgan fingerprint density at radius 2 is 2.33 bits per heavy atom. The van der Waals surface area contributed by atoms with E-state index in [1.807, 2.05) is 13.2 Å². The standard InChI is InChI=1S/C9H16N2O/c1-3-4-5-6-12-9-7-10-11(2)8-9/h7-8H,3-6H2,1-2H3. The van der Waals surface area contributed by atoms with Gasteiger partial charge >= 0.3 is 0 Å². The summed E-state index contributed by atoms with van der Waals surface area (Å²) in [7, 11) is 1.89. The van der Waals surface area contributed by atoms with Crippen LogP contribution in [0.4, 0.5) is 0 Å². The van der Waals surface area contributed by atoms with E-state index >= 15 is 0 Å².